The summed E-state index contributed by atoms with van der Waals surface area (Å²) in [5, 5.41) is 3.43. The van der Waals surface area contributed by atoms with Crippen LogP contribution in [-0.4, -0.2) is 36.5 Å². The Bertz CT molecular complexity index is 428. The standard InChI is InChI=1S/C13H16ClFN2O/c1-2-17(9-7-16-8-9)13(18)6-10-11(14)4-3-5-12(10)15/h3-5,9,16H,2,6-8H2,1H3. The molecule has 0 radical (unpaired) electrons. The van der Waals surface area contributed by atoms with Gasteiger partial charge >= 0.3 is 0 Å². The van der Waals surface area contributed by atoms with Gasteiger partial charge in [0.05, 0.1) is 12.5 Å². The van der Waals surface area contributed by atoms with Gasteiger partial charge in [0.15, 0.2) is 0 Å². The fourth-order valence-electron chi connectivity index (χ4n) is 2.09. The number of carbonyl (C=O) groups excluding carboxylic acids is 1. The summed E-state index contributed by atoms with van der Waals surface area (Å²) in [5.74, 6) is -0.491. The minimum absolute atomic E-state index is 0.0237. The number of halogens is 2. The number of likely N-dealkylation sites (N-methyl/N-ethyl adjacent to an activating group) is 1. The molecule has 1 N–H and O–H groups in total. The van der Waals surface area contributed by atoms with E-state index in [0.717, 1.165) is 13.1 Å². The van der Waals surface area contributed by atoms with E-state index in [0.29, 0.717) is 11.6 Å². The van der Waals surface area contributed by atoms with E-state index in [9.17, 15) is 9.18 Å². The lowest BCUT2D eigenvalue weighted by Gasteiger charge is -2.37. The van der Waals surface area contributed by atoms with Gasteiger partial charge in [0.2, 0.25) is 5.91 Å². The zero-order chi connectivity index (χ0) is 13.1. The second-order valence-corrected chi connectivity index (χ2v) is 4.78. The Hall–Kier alpha value is -1.13. The maximum atomic E-state index is 13.6. The van der Waals surface area contributed by atoms with Crippen molar-refractivity contribution in [3.8, 4) is 0 Å². The third-order valence-electron chi connectivity index (χ3n) is 3.25. The number of rotatable bonds is 4. The Labute approximate surface area is 111 Å². The molecule has 18 heavy (non-hydrogen) atoms. The third kappa shape index (κ3) is 2.65. The first kappa shape index (κ1) is 13.3. The van der Waals surface area contributed by atoms with Crippen molar-refractivity contribution in [2.45, 2.75) is 19.4 Å². The Morgan fingerprint density at radius 1 is 1.56 bits per heavy atom. The lowest BCUT2D eigenvalue weighted by molar-refractivity contribution is -0.133. The molecule has 0 unspecified atom stereocenters. The molecule has 5 heteroatoms. The SMILES string of the molecule is CCN(C(=O)Cc1c(F)cccc1Cl)C1CNC1. The van der Waals surface area contributed by atoms with Crippen LogP contribution in [-0.2, 0) is 11.2 Å². The molecule has 0 bridgehead atoms. The van der Waals surface area contributed by atoms with Gasteiger partial charge < -0.3 is 10.2 Å². The van der Waals surface area contributed by atoms with Gasteiger partial charge in [-0.2, -0.15) is 0 Å². The first-order chi connectivity index (χ1) is 8.63. The maximum Gasteiger partial charge on any atom is 0.227 e. The number of hydrogen-bond acceptors (Lipinski definition) is 2. The second kappa shape index (κ2) is 5.67. The second-order valence-electron chi connectivity index (χ2n) is 4.37. The molecule has 1 fully saturated rings. The zero-order valence-corrected chi connectivity index (χ0v) is 11.0. The minimum atomic E-state index is -0.418. The van der Waals surface area contributed by atoms with Crippen LogP contribution in [0.15, 0.2) is 18.2 Å². The molecular formula is C13H16ClFN2O. The van der Waals surface area contributed by atoms with Crippen molar-refractivity contribution in [3.63, 3.8) is 0 Å². The van der Waals surface area contributed by atoms with E-state index in [1.54, 1.807) is 17.0 Å². The highest BCUT2D eigenvalue weighted by Crippen LogP contribution is 2.20. The van der Waals surface area contributed by atoms with E-state index >= 15 is 0 Å². The number of amides is 1. The Morgan fingerprint density at radius 2 is 2.28 bits per heavy atom. The van der Waals surface area contributed by atoms with Gasteiger partial charge in [-0.25, -0.2) is 4.39 Å². The summed E-state index contributed by atoms with van der Waals surface area (Å²) in [5.41, 5.74) is 0.287. The summed E-state index contributed by atoms with van der Waals surface area (Å²) in [7, 11) is 0. The third-order valence-corrected chi connectivity index (χ3v) is 3.61. The van der Waals surface area contributed by atoms with Gasteiger partial charge in [-0.05, 0) is 19.1 Å². The van der Waals surface area contributed by atoms with E-state index in [1.807, 2.05) is 6.92 Å². The smallest absolute Gasteiger partial charge is 0.227 e. The molecule has 98 valence electrons. The number of hydrogen-bond donors (Lipinski definition) is 1. The van der Waals surface area contributed by atoms with Crippen molar-refractivity contribution >= 4 is 17.5 Å². The van der Waals surface area contributed by atoms with Crippen LogP contribution in [0.1, 0.15) is 12.5 Å². The maximum absolute atomic E-state index is 13.6. The highest BCUT2D eigenvalue weighted by Gasteiger charge is 2.27. The van der Waals surface area contributed by atoms with E-state index in [2.05, 4.69) is 5.32 Å². The summed E-state index contributed by atoms with van der Waals surface area (Å²) >= 11 is 5.93. The lowest BCUT2D eigenvalue weighted by atomic mass is 10.1. The Kier molecular flexibility index (Phi) is 4.19. The molecule has 1 saturated heterocycles. The van der Waals surface area contributed by atoms with Gasteiger partial charge in [-0.3, -0.25) is 4.79 Å². The number of benzene rings is 1. The summed E-state index contributed by atoms with van der Waals surface area (Å²) in [6.07, 6.45) is 0.0237. The van der Waals surface area contributed by atoms with Gasteiger partial charge in [0.25, 0.3) is 0 Å². The van der Waals surface area contributed by atoms with Crippen LogP contribution in [0.4, 0.5) is 4.39 Å². The van der Waals surface area contributed by atoms with Crippen molar-refractivity contribution in [3.05, 3.63) is 34.6 Å². The van der Waals surface area contributed by atoms with Crippen LogP contribution < -0.4 is 5.32 Å². The predicted octanol–water partition coefficient (Wildman–Crippen LogP) is 1.84. The average molecular weight is 271 g/mol. The van der Waals surface area contributed by atoms with Crippen molar-refractivity contribution in [2.75, 3.05) is 19.6 Å². The molecule has 1 heterocycles. The van der Waals surface area contributed by atoms with Crippen LogP contribution in [0, 0.1) is 5.82 Å². The normalized spacial score (nSPS) is 15.3. The van der Waals surface area contributed by atoms with Crippen molar-refractivity contribution in [2.24, 2.45) is 0 Å². The molecule has 0 atom stereocenters. The number of nitrogens with zero attached hydrogens (tertiary/aromatic N) is 1. The molecule has 3 nitrogen and oxygen atoms in total. The Balaban J connectivity index is 2.10. The Morgan fingerprint density at radius 3 is 2.78 bits per heavy atom. The zero-order valence-electron chi connectivity index (χ0n) is 10.2. The van der Waals surface area contributed by atoms with Crippen molar-refractivity contribution < 1.29 is 9.18 Å². The average Bonchev–Trinajstić information content (AvgIpc) is 2.28. The summed E-state index contributed by atoms with van der Waals surface area (Å²) in [6, 6.07) is 4.71. The quantitative estimate of drug-likeness (QED) is 0.906. The molecule has 2 rings (SSSR count). The molecule has 1 aromatic rings. The molecule has 1 aliphatic rings. The molecule has 0 aromatic heterocycles. The van der Waals surface area contributed by atoms with Crippen LogP contribution in [0.3, 0.4) is 0 Å². The van der Waals surface area contributed by atoms with Gasteiger partial charge in [0.1, 0.15) is 5.82 Å². The first-order valence-corrected chi connectivity index (χ1v) is 6.44. The van der Waals surface area contributed by atoms with E-state index < -0.39 is 5.82 Å². The van der Waals surface area contributed by atoms with Crippen LogP contribution in [0.5, 0.6) is 0 Å². The van der Waals surface area contributed by atoms with Gasteiger partial charge in [-0.15, -0.1) is 0 Å². The lowest BCUT2D eigenvalue weighted by Crippen LogP contribution is -2.59. The van der Waals surface area contributed by atoms with Crippen LogP contribution >= 0.6 is 11.6 Å². The molecule has 0 aliphatic carbocycles. The first-order valence-electron chi connectivity index (χ1n) is 6.06. The monoisotopic (exact) mass is 270 g/mol. The number of carbonyl (C=O) groups is 1. The summed E-state index contributed by atoms with van der Waals surface area (Å²) in [4.78, 5) is 13.9. The van der Waals surface area contributed by atoms with Crippen molar-refractivity contribution in [1.29, 1.82) is 0 Å². The highest BCUT2D eigenvalue weighted by molar-refractivity contribution is 6.31. The van der Waals surface area contributed by atoms with E-state index in [-0.39, 0.29) is 23.9 Å². The van der Waals surface area contributed by atoms with Crippen LogP contribution in [0.2, 0.25) is 5.02 Å². The molecule has 1 amide bonds. The topological polar surface area (TPSA) is 32.3 Å². The minimum Gasteiger partial charge on any atom is -0.337 e. The van der Waals surface area contributed by atoms with E-state index in [4.69, 9.17) is 11.6 Å². The molecule has 1 aliphatic heterocycles. The van der Waals surface area contributed by atoms with Gasteiger partial charge in [-0.1, -0.05) is 17.7 Å². The molecule has 0 saturated carbocycles. The van der Waals surface area contributed by atoms with Gasteiger partial charge in [0, 0.05) is 30.2 Å². The molecule has 0 spiro atoms. The fraction of sp³-hybridized carbons (Fsp3) is 0.462. The largest absolute Gasteiger partial charge is 0.337 e. The predicted molar refractivity (Wildman–Crippen MR) is 69.2 cm³/mol. The van der Waals surface area contributed by atoms with E-state index in [1.165, 1.54) is 6.07 Å². The highest BCUT2D eigenvalue weighted by atomic mass is 35.5. The summed E-state index contributed by atoms with van der Waals surface area (Å²) < 4.78 is 13.6. The number of nitrogens with one attached hydrogen (secondary N) is 1. The fourth-order valence-corrected chi connectivity index (χ4v) is 2.32. The van der Waals surface area contributed by atoms with Crippen LogP contribution in [0.25, 0.3) is 0 Å². The summed E-state index contributed by atoms with van der Waals surface area (Å²) in [6.45, 7) is 4.19. The molecular weight excluding hydrogens is 255 g/mol. The van der Waals surface area contributed by atoms with Crippen molar-refractivity contribution in [1.82, 2.24) is 10.2 Å². The molecule has 1 aromatic carbocycles.